The Morgan fingerprint density at radius 1 is 0.735 bits per heavy atom. The molecule has 0 aliphatic carbocycles. The van der Waals surface area contributed by atoms with Crippen LogP contribution in [0.3, 0.4) is 0 Å². The number of thiophene rings is 1. The summed E-state index contributed by atoms with van der Waals surface area (Å²) in [5.74, 6) is 0.827. The van der Waals surface area contributed by atoms with E-state index in [-0.39, 0.29) is 0 Å². The number of nitrogens with one attached hydrogen (secondary N) is 1. The van der Waals surface area contributed by atoms with Crippen LogP contribution >= 0.6 is 22.7 Å². The van der Waals surface area contributed by atoms with Crippen molar-refractivity contribution in [2.45, 2.75) is 20.8 Å². The topological polar surface area (TPSA) is 50.7 Å². The first-order valence-corrected chi connectivity index (χ1v) is 12.7. The lowest BCUT2D eigenvalue weighted by Gasteiger charge is -2.10. The minimum Gasteiger partial charge on any atom is -0.340 e. The number of aryl methyl sites for hydroxylation is 3. The van der Waals surface area contributed by atoms with Crippen molar-refractivity contribution in [1.29, 1.82) is 0 Å². The predicted octanol–water partition coefficient (Wildman–Crippen LogP) is 8.30. The van der Waals surface area contributed by atoms with Crippen molar-refractivity contribution in [3.05, 3.63) is 89.1 Å². The van der Waals surface area contributed by atoms with Crippen molar-refractivity contribution in [1.82, 2.24) is 15.0 Å². The van der Waals surface area contributed by atoms with Crippen LogP contribution in [0.1, 0.15) is 16.0 Å². The molecule has 4 nitrogen and oxygen atoms in total. The average molecular weight is 479 g/mol. The Kier molecular flexibility index (Phi) is 5.12. The van der Waals surface area contributed by atoms with E-state index in [2.05, 4.69) is 103 Å². The van der Waals surface area contributed by atoms with Crippen LogP contribution in [0.25, 0.3) is 42.1 Å². The van der Waals surface area contributed by atoms with Crippen molar-refractivity contribution in [2.24, 2.45) is 0 Å². The molecule has 0 radical (unpaired) electrons. The summed E-state index contributed by atoms with van der Waals surface area (Å²) in [6.45, 7) is 6.37. The Balaban J connectivity index is 1.35. The third-order valence-corrected chi connectivity index (χ3v) is 8.02. The maximum atomic E-state index is 4.81. The molecule has 3 aromatic heterocycles. The van der Waals surface area contributed by atoms with Gasteiger partial charge in [0.1, 0.15) is 22.0 Å². The van der Waals surface area contributed by atoms with E-state index in [1.54, 1.807) is 29.0 Å². The van der Waals surface area contributed by atoms with Crippen LogP contribution in [0.5, 0.6) is 0 Å². The molecule has 34 heavy (non-hydrogen) atoms. The molecule has 0 amide bonds. The highest BCUT2D eigenvalue weighted by atomic mass is 32.1. The second-order valence-electron chi connectivity index (χ2n) is 8.49. The fourth-order valence-corrected chi connectivity index (χ4v) is 6.28. The lowest BCUT2D eigenvalue weighted by atomic mass is 10.0. The number of hydrogen-bond acceptors (Lipinski definition) is 6. The monoisotopic (exact) mass is 478 g/mol. The second kappa shape index (κ2) is 8.31. The fourth-order valence-electron chi connectivity index (χ4n) is 4.19. The quantitative estimate of drug-likeness (QED) is 0.277. The number of rotatable bonds is 4. The van der Waals surface area contributed by atoms with Gasteiger partial charge >= 0.3 is 0 Å². The highest BCUT2D eigenvalue weighted by Crippen LogP contribution is 2.41. The van der Waals surface area contributed by atoms with E-state index >= 15 is 0 Å². The summed E-state index contributed by atoms with van der Waals surface area (Å²) in [7, 11) is 0. The highest BCUT2D eigenvalue weighted by Gasteiger charge is 2.17. The van der Waals surface area contributed by atoms with Gasteiger partial charge in [-0.15, -0.1) is 22.7 Å². The first-order chi connectivity index (χ1) is 16.5. The van der Waals surface area contributed by atoms with E-state index in [1.807, 2.05) is 0 Å². The molecule has 3 heterocycles. The van der Waals surface area contributed by atoms with E-state index in [4.69, 9.17) is 4.98 Å². The summed E-state index contributed by atoms with van der Waals surface area (Å²) < 4.78 is 1.22. The molecule has 6 heteroatoms. The first kappa shape index (κ1) is 21.0. The fraction of sp³-hybridized carbons (Fsp3) is 0.107. The lowest BCUT2D eigenvalue weighted by molar-refractivity contribution is 1.23. The largest absolute Gasteiger partial charge is 0.340 e. The molecule has 6 aromatic rings. The molecule has 0 unspecified atom stereocenters. The van der Waals surface area contributed by atoms with Gasteiger partial charge in [-0.25, -0.2) is 15.0 Å². The van der Waals surface area contributed by atoms with Crippen molar-refractivity contribution >= 4 is 54.6 Å². The third kappa shape index (κ3) is 3.75. The van der Waals surface area contributed by atoms with Gasteiger partial charge in [-0.3, -0.25) is 0 Å². The van der Waals surface area contributed by atoms with Crippen LogP contribution in [0, 0.1) is 20.8 Å². The van der Waals surface area contributed by atoms with Crippen molar-refractivity contribution in [3.63, 3.8) is 0 Å². The van der Waals surface area contributed by atoms with Gasteiger partial charge in [0.15, 0.2) is 0 Å². The average Bonchev–Trinajstić information content (AvgIpc) is 3.41. The molecule has 0 saturated heterocycles. The molecule has 0 saturated carbocycles. The number of hydrogen-bond donors (Lipinski definition) is 1. The minimum atomic E-state index is 0.827. The molecular formula is C28H22N4S2. The standard InChI is InChI=1S/C28H22N4S2/c1-16-4-7-19(8-5-16)24-18(3)33-28-25(24)26(29-15-30-28)31-21-11-9-20(10-12-21)27-32-22-13-6-17(2)14-23(22)34-27/h4-15H,1-3H3,(H,29,30,31). The minimum absolute atomic E-state index is 0.827. The number of aromatic nitrogens is 3. The number of nitrogens with zero attached hydrogens (tertiary/aromatic N) is 3. The van der Waals surface area contributed by atoms with E-state index < -0.39 is 0 Å². The maximum absolute atomic E-state index is 4.81. The van der Waals surface area contributed by atoms with Crippen molar-refractivity contribution in [3.8, 4) is 21.7 Å². The van der Waals surface area contributed by atoms with E-state index in [1.165, 1.54) is 31.8 Å². The van der Waals surface area contributed by atoms with Gasteiger partial charge in [-0.2, -0.15) is 0 Å². The summed E-state index contributed by atoms with van der Waals surface area (Å²) in [4.78, 5) is 16.2. The zero-order chi connectivity index (χ0) is 23.2. The van der Waals surface area contributed by atoms with Crippen LogP contribution in [-0.4, -0.2) is 15.0 Å². The molecule has 0 atom stereocenters. The Bertz CT molecular complexity index is 1640. The van der Waals surface area contributed by atoms with E-state index in [0.29, 0.717) is 0 Å². The van der Waals surface area contributed by atoms with Gasteiger partial charge in [0.05, 0.1) is 15.6 Å². The molecule has 0 fully saturated rings. The Labute approximate surface area is 206 Å². The van der Waals surface area contributed by atoms with E-state index in [0.717, 1.165) is 37.8 Å². The molecule has 1 N–H and O–H groups in total. The van der Waals surface area contributed by atoms with Gasteiger partial charge in [-0.05, 0) is 68.3 Å². The number of fused-ring (bicyclic) bond motifs is 2. The summed E-state index contributed by atoms with van der Waals surface area (Å²) in [6.07, 6.45) is 1.64. The van der Waals surface area contributed by atoms with E-state index in [9.17, 15) is 0 Å². The van der Waals surface area contributed by atoms with Gasteiger partial charge in [-0.1, -0.05) is 35.9 Å². The van der Waals surface area contributed by atoms with Crippen LogP contribution in [0.2, 0.25) is 0 Å². The predicted molar refractivity (Wildman–Crippen MR) is 145 cm³/mol. The summed E-state index contributed by atoms with van der Waals surface area (Å²) in [5, 5.41) is 5.64. The van der Waals surface area contributed by atoms with Gasteiger partial charge < -0.3 is 5.32 Å². The normalized spacial score (nSPS) is 11.4. The summed E-state index contributed by atoms with van der Waals surface area (Å²) in [5.41, 5.74) is 8.04. The summed E-state index contributed by atoms with van der Waals surface area (Å²) in [6, 6.07) is 23.5. The van der Waals surface area contributed by atoms with Crippen molar-refractivity contribution < 1.29 is 0 Å². The Morgan fingerprint density at radius 3 is 2.26 bits per heavy atom. The van der Waals surface area contributed by atoms with Crippen LogP contribution in [-0.2, 0) is 0 Å². The molecule has 3 aromatic carbocycles. The smallest absolute Gasteiger partial charge is 0.143 e. The van der Waals surface area contributed by atoms with Crippen LogP contribution < -0.4 is 5.32 Å². The second-order valence-corrected chi connectivity index (χ2v) is 10.7. The molecular weight excluding hydrogens is 456 g/mol. The zero-order valence-corrected chi connectivity index (χ0v) is 20.7. The third-order valence-electron chi connectivity index (χ3n) is 5.94. The zero-order valence-electron chi connectivity index (χ0n) is 19.1. The highest BCUT2D eigenvalue weighted by molar-refractivity contribution is 7.21. The lowest BCUT2D eigenvalue weighted by Crippen LogP contribution is -1.95. The molecule has 6 rings (SSSR count). The van der Waals surface area contributed by atoms with Crippen LogP contribution in [0.15, 0.2) is 73.1 Å². The molecule has 0 aliphatic rings. The molecule has 166 valence electrons. The first-order valence-electron chi connectivity index (χ1n) is 11.1. The Hall–Kier alpha value is -3.61. The maximum Gasteiger partial charge on any atom is 0.143 e. The van der Waals surface area contributed by atoms with Gasteiger partial charge in [0, 0.05) is 21.7 Å². The SMILES string of the molecule is Cc1ccc(-c2c(C)sc3ncnc(Nc4ccc(-c5nc6ccc(C)cc6s5)cc4)c23)cc1. The van der Waals surface area contributed by atoms with Crippen LogP contribution in [0.4, 0.5) is 11.5 Å². The number of thiazole rings is 1. The number of benzene rings is 3. The van der Waals surface area contributed by atoms with Gasteiger partial charge in [0.25, 0.3) is 0 Å². The Morgan fingerprint density at radius 2 is 1.47 bits per heavy atom. The van der Waals surface area contributed by atoms with Crippen molar-refractivity contribution in [2.75, 3.05) is 5.32 Å². The van der Waals surface area contributed by atoms with Gasteiger partial charge in [0.2, 0.25) is 0 Å². The summed E-state index contributed by atoms with van der Waals surface area (Å²) >= 11 is 3.44. The molecule has 0 bridgehead atoms. The number of anilines is 2. The molecule has 0 aliphatic heterocycles. The molecule has 0 spiro atoms.